The van der Waals surface area contributed by atoms with E-state index in [0.717, 1.165) is 0 Å². The molecule has 2 atom stereocenters. The fraction of sp³-hybridized carbons (Fsp3) is 0.409. The van der Waals surface area contributed by atoms with Gasteiger partial charge in [-0.1, -0.05) is 36.5 Å². The lowest BCUT2D eigenvalue weighted by Crippen LogP contribution is -2.81. The highest BCUT2D eigenvalue weighted by atomic mass is 16.3. The Bertz CT molecular complexity index is 645. The Morgan fingerprint density at radius 1 is 0.966 bits per heavy atom. The second kappa shape index (κ2) is 11.5. The maximum absolute atomic E-state index is 10.3. The number of nitrogens with one attached hydrogen (secondary N) is 1. The van der Waals surface area contributed by atoms with Crippen LogP contribution in [0.15, 0.2) is 80.9 Å². The van der Waals surface area contributed by atoms with E-state index >= 15 is 0 Å². The van der Waals surface area contributed by atoms with Gasteiger partial charge in [-0.15, -0.1) is 39.5 Å². The van der Waals surface area contributed by atoms with Crippen molar-refractivity contribution in [1.29, 1.82) is 0 Å². The Balaban J connectivity index is 3.92. The van der Waals surface area contributed by atoms with Crippen LogP contribution in [0.4, 0.5) is 0 Å². The number of guanidine groups is 1. The summed E-state index contributed by atoms with van der Waals surface area (Å²) in [4.78, 5) is 10.8. The molecular formula is C22H36N6O. The molecule has 0 saturated heterocycles. The average Bonchev–Trinajstić information content (AvgIpc) is 2.70. The second-order valence-corrected chi connectivity index (χ2v) is 6.67. The highest BCUT2D eigenvalue weighted by Gasteiger charge is 2.57. The van der Waals surface area contributed by atoms with Gasteiger partial charge in [0, 0.05) is 39.0 Å². The smallest absolute Gasteiger partial charge is 0.197 e. The van der Waals surface area contributed by atoms with E-state index < -0.39 is 11.6 Å². The maximum Gasteiger partial charge on any atom is 0.197 e. The zero-order chi connectivity index (χ0) is 21.9. The summed E-state index contributed by atoms with van der Waals surface area (Å²) in [5.74, 6) is -1.48. The fourth-order valence-corrected chi connectivity index (χ4v) is 3.89. The first-order valence-electron chi connectivity index (χ1n) is 9.64. The average molecular weight is 401 g/mol. The van der Waals surface area contributed by atoms with Gasteiger partial charge in [-0.05, 0) is 0 Å². The van der Waals surface area contributed by atoms with Gasteiger partial charge in [0.1, 0.15) is 0 Å². The lowest BCUT2D eigenvalue weighted by Gasteiger charge is -2.62. The number of hydrogen-bond acceptors (Lipinski definition) is 7. The molecule has 2 unspecified atom stereocenters. The van der Waals surface area contributed by atoms with E-state index in [1.807, 2.05) is 15.9 Å². The second-order valence-electron chi connectivity index (χ2n) is 6.67. The molecule has 4 N–H and O–H groups in total. The van der Waals surface area contributed by atoms with Crippen molar-refractivity contribution in [2.75, 3.05) is 32.9 Å². The van der Waals surface area contributed by atoms with Crippen LogP contribution >= 0.6 is 0 Å². The number of aliphatic hydroxyl groups excluding tert-OH is 1. The van der Waals surface area contributed by atoms with E-state index in [2.05, 4.69) is 49.7 Å². The molecule has 160 valence electrons. The zero-order valence-corrected chi connectivity index (χ0v) is 17.5. The van der Waals surface area contributed by atoms with Crippen LogP contribution < -0.4 is 11.1 Å². The summed E-state index contributed by atoms with van der Waals surface area (Å²) in [7, 11) is 0. The van der Waals surface area contributed by atoms with E-state index in [1.165, 1.54) is 0 Å². The number of nitrogens with zero attached hydrogens (tertiary/aromatic N) is 4. The molecule has 7 nitrogen and oxygen atoms in total. The molecular weight excluding hydrogens is 364 g/mol. The molecule has 7 heteroatoms. The third-order valence-electron chi connectivity index (χ3n) is 4.91. The first-order valence-corrected chi connectivity index (χ1v) is 9.64. The number of aliphatic hydroxyl groups is 1. The Morgan fingerprint density at radius 3 is 2.10 bits per heavy atom. The van der Waals surface area contributed by atoms with Crippen molar-refractivity contribution in [2.24, 2.45) is 10.7 Å². The number of hydrogen-bond donors (Lipinski definition) is 3. The molecule has 0 radical (unpaired) electrons. The van der Waals surface area contributed by atoms with Crippen LogP contribution in [0.3, 0.4) is 0 Å². The van der Waals surface area contributed by atoms with Gasteiger partial charge in [-0.25, -0.2) is 14.8 Å². The first-order chi connectivity index (χ1) is 14.0. The van der Waals surface area contributed by atoms with Crippen LogP contribution in [0.25, 0.3) is 0 Å². The van der Waals surface area contributed by atoms with Gasteiger partial charge >= 0.3 is 0 Å². The summed E-state index contributed by atoms with van der Waals surface area (Å²) in [5.41, 5.74) is 6.50. The van der Waals surface area contributed by atoms with Crippen LogP contribution in [-0.2, 0) is 0 Å². The summed E-state index contributed by atoms with van der Waals surface area (Å²) in [6, 6.07) is 0. The summed E-state index contributed by atoms with van der Waals surface area (Å²) >= 11 is 0. The highest BCUT2D eigenvalue weighted by Crippen LogP contribution is 2.40. The van der Waals surface area contributed by atoms with Crippen molar-refractivity contribution in [3.63, 3.8) is 0 Å². The van der Waals surface area contributed by atoms with Crippen LogP contribution in [0.1, 0.15) is 12.8 Å². The number of rotatable bonds is 15. The molecule has 1 rings (SSSR count). The molecule has 1 heterocycles. The summed E-state index contributed by atoms with van der Waals surface area (Å²) in [6.45, 7) is 25.0. The van der Waals surface area contributed by atoms with Gasteiger partial charge in [-0.3, -0.25) is 5.32 Å². The van der Waals surface area contributed by atoms with Gasteiger partial charge in [0.15, 0.2) is 17.5 Å². The molecule has 29 heavy (non-hydrogen) atoms. The normalized spacial score (nSPS) is 24.6. The van der Waals surface area contributed by atoms with Gasteiger partial charge in [0.2, 0.25) is 0 Å². The minimum atomic E-state index is -0.913. The standard InChI is InChI=1S/C22H36N6O/c1-7-13-21(24-15-9-3)25-20(23)27(17-11-5)22(14-8-2,28(21)18-12-6)26(19-29)16-10-4/h7-12,24,29H,1-6,13-19H2,(H2,23,25). The molecule has 0 aromatic heterocycles. The van der Waals surface area contributed by atoms with Crippen molar-refractivity contribution in [3.8, 4) is 0 Å². The third kappa shape index (κ3) is 4.76. The van der Waals surface area contributed by atoms with Crippen LogP contribution in [0, 0.1) is 0 Å². The van der Waals surface area contributed by atoms with E-state index in [-0.39, 0.29) is 6.73 Å². The third-order valence-corrected chi connectivity index (χ3v) is 4.91. The van der Waals surface area contributed by atoms with E-state index in [9.17, 15) is 5.11 Å². The van der Waals surface area contributed by atoms with Crippen molar-refractivity contribution in [3.05, 3.63) is 75.9 Å². The van der Waals surface area contributed by atoms with Crippen LogP contribution in [0.5, 0.6) is 0 Å². The quantitative estimate of drug-likeness (QED) is 0.288. The maximum atomic E-state index is 10.3. The van der Waals surface area contributed by atoms with Crippen molar-refractivity contribution >= 4 is 5.96 Å². The first kappa shape index (κ1) is 24.6. The topological polar surface area (TPSA) is 80.4 Å². The molecule has 0 aliphatic carbocycles. The minimum Gasteiger partial charge on any atom is -0.381 e. The number of nitrogens with two attached hydrogens (primary N) is 1. The lowest BCUT2D eigenvalue weighted by molar-refractivity contribution is -0.206. The molecule has 1 aliphatic rings. The molecule has 0 fully saturated rings. The summed E-state index contributed by atoms with van der Waals surface area (Å²) in [6.07, 6.45) is 11.6. The predicted octanol–water partition coefficient (Wildman–Crippen LogP) is 1.96. The molecule has 0 spiro atoms. The molecule has 0 aromatic rings. The van der Waals surface area contributed by atoms with E-state index in [1.54, 1.807) is 30.4 Å². The van der Waals surface area contributed by atoms with Crippen molar-refractivity contribution in [2.45, 2.75) is 24.4 Å². The summed E-state index contributed by atoms with van der Waals surface area (Å²) in [5, 5.41) is 13.8. The molecule has 0 aromatic carbocycles. The Labute approximate surface area is 175 Å². The van der Waals surface area contributed by atoms with Crippen LogP contribution in [-0.4, -0.2) is 70.2 Å². The fourth-order valence-electron chi connectivity index (χ4n) is 3.89. The molecule has 0 amide bonds. The largest absolute Gasteiger partial charge is 0.381 e. The van der Waals surface area contributed by atoms with E-state index in [0.29, 0.717) is 45.0 Å². The van der Waals surface area contributed by atoms with Crippen molar-refractivity contribution in [1.82, 2.24) is 20.0 Å². The lowest BCUT2D eigenvalue weighted by atomic mass is 10.0. The van der Waals surface area contributed by atoms with Gasteiger partial charge in [0.25, 0.3) is 0 Å². The Morgan fingerprint density at radius 2 is 1.62 bits per heavy atom. The van der Waals surface area contributed by atoms with Gasteiger partial charge in [0.05, 0.1) is 6.73 Å². The SMILES string of the molecule is C=CCNC1(CC=C)N=C(N)N(CC=C)C(CC=C)(N(CO)CC=C)N1CC=C. The zero-order valence-electron chi connectivity index (χ0n) is 17.5. The van der Waals surface area contributed by atoms with E-state index in [4.69, 9.17) is 10.7 Å². The molecule has 1 aliphatic heterocycles. The number of aliphatic imine (C=N–C) groups is 1. The highest BCUT2D eigenvalue weighted by molar-refractivity contribution is 5.80. The predicted molar refractivity (Wildman–Crippen MR) is 123 cm³/mol. The van der Waals surface area contributed by atoms with Gasteiger partial charge < -0.3 is 15.7 Å². The Kier molecular flexibility index (Phi) is 9.77. The van der Waals surface area contributed by atoms with Crippen LogP contribution in [0.2, 0.25) is 0 Å². The Hall–Kier alpha value is -2.45. The minimum absolute atomic E-state index is 0.222. The van der Waals surface area contributed by atoms with Gasteiger partial charge in [-0.2, -0.15) is 0 Å². The molecule has 0 saturated carbocycles. The molecule has 0 bridgehead atoms. The monoisotopic (exact) mass is 400 g/mol. The summed E-state index contributed by atoms with van der Waals surface area (Å²) < 4.78 is 0. The van der Waals surface area contributed by atoms with Crippen molar-refractivity contribution < 1.29 is 5.11 Å².